The number of fused-ring (bicyclic) bond motifs is 5. The van der Waals surface area contributed by atoms with Gasteiger partial charge >= 0.3 is 0 Å². The van der Waals surface area contributed by atoms with Crippen LogP contribution in [-0.4, -0.2) is 14.5 Å². The number of aromatic nitrogens is 3. The summed E-state index contributed by atoms with van der Waals surface area (Å²) in [5.74, 6) is 0.822. The van der Waals surface area contributed by atoms with E-state index in [1.807, 2.05) is 30.5 Å². The van der Waals surface area contributed by atoms with E-state index < -0.39 is 0 Å². The van der Waals surface area contributed by atoms with Crippen LogP contribution in [0.3, 0.4) is 0 Å². The molecule has 11 rings (SSSR count). The van der Waals surface area contributed by atoms with Crippen LogP contribution in [0.4, 0.5) is 0 Å². The predicted molar refractivity (Wildman–Crippen MR) is 231 cm³/mol. The Balaban J connectivity index is 1.18. The van der Waals surface area contributed by atoms with Crippen LogP contribution in [0.25, 0.3) is 105 Å². The molecule has 0 saturated carbocycles. The number of hydrogen-bond donors (Lipinski definition) is 0. The Morgan fingerprint density at radius 3 is 1.65 bits per heavy atom. The molecule has 0 N–H and O–H groups in total. The molecule has 11 aromatic rings. The first-order valence-electron chi connectivity index (χ1n) is 18.7. The quantitative estimate of drug-likeness (QED) is 0.167. The summed E-state index contributed by atoms with van der Waals surface area (Å²) in [6.45, 7) is 0. The summed E-state index contributed by atoms with van der Waals surface area (Å²) in [7, 11) is 0. The summed E-state index contributed by atoms with van der Waals surface area (Å²) >= 11 is 0. The Morgan fingerprint density at radius 2 is 0.945 bits per heavy atom. The Morgan fingerprint density at radius 1 is 0.364 bits per heavy atom. The van der Waals surface area contributed by atoms with Crippen LogP contribution in [-0.2, 0) is 0 Å². The van der Waals surface area contributed by atoms with Gasteiger partial charge in [0, 0.05) is 11.9 Å². The molecule has 55 heavy (non-hydrogen) atoms. The fourth-order valence-electron chi connectivity index (χ4n) is 8.45. The average molecular weight is 700 g/mol. The third-order valence-corrected chi connectivity index (χ3v) is 11.0. The molecule has 0 unspecified atom stereocenters. The number of pyridine rings is 1. The molecule has 0 radical (unpaired) electrons. The zero-order valence-corrected chi connectivity index (χ0v) is 29.9. The number of hydrogen-bond acceptors (Lipinski definition) is 2. The largest absolute Gasteiger partial charge is 0.291 e. The van der Waals surface area contributed by atoms with E-state index in [1.165, 1.54) is 65.3 Å². The maximum atomic E-state index is 5.06. The monoisotopic (exact) mass is 699 g/mol. The molecule has 0 aliphatic heterocycles. The minimum atomic E-state index is 0.822. The molecule has 9 aromatic carbocycles. The van der Waals surface area contributed by atoms with Crippen LogP contribution in [0.5, 0.6) is 0 Å². The number of rotatable bonds is 5. The predicted octanol–water partition coefficient (Wildman–Crippen LogP) is 13.7. The van der Waals surface area contributed by atoms with Gasteiger partial charge in [0.05, 0.1) is 11.0 Å². The van der Waals surface area contributed by atoms with Crippen molar-refractivity contribution in [1.29, 1.82) is 0 Å². The van der Waals surface area contributed by atoms with Crippen LogP contribution in [0.1, 0.15) is 0 Å². The van der Waals surface area contributed by atoms with Gasteiger partial charge < -0.3 is 0 Å². The molecule has 0 aliphatic rings. The van der Waals surface area contributed by atoms with Crippen molar-refractivity contribution in [3.63, 3.8) is 0 Å². The highest BCUT2D eigenvalue weighted by molar-refractivity contribution is 6.22. The van der Waals surface area contributed by atoms with E-state index in [-0.39, 0.29) is 0 Å². The smallest absolute Gasteiger partial charge is 0.164 e. The SMILES string of the molecule is c1ccc(-c2nc3ccccc3n2-c2cccc(-c3ccc4c(-c5ccc6ccccc6c5)c5ccccc5c(-c5ccc6ccccc6c5)c4c3)c2)nc1. The number of benzene rings is 9. The van der Waals surface area contributed by atoms with Gasteiger partial charge in [-0.2, -0.15) is 0 Å². The van der Waals surface area contributed by atoms with Crippen molar-refractivity contribution in [3.8, 4) is 50.6 Å². The molecule has 3 heteroatoms. The van der Waals surface area contributed by atoms with E-state index in [0.29, 0.717) is 0 Å². The van der Waals surface area contributed by atoms with Crippen molar-refractivity contribution in [2.75, 3.05) is 0 Å². The van der Waals surface area contributed by atoms with E-state index in [9.17, 15) is 0 Å². The van der Waals surface area contributed by atoms with Gasteiger partial charge in [0.1, 0.15) is 5.69 Å². The van der Waals surface area contributed by atoms with Crippen LogP contribution in [0.2, 0.25) is 0 Å². The summed E-state index contributed by atoms with van der Waals surface area (Å²) in [4.78, 5) is 9.75. The summed E-state index contributed by atoms with van der Waals surface area (Å²) < 4.78 is 2.23. The molecule has 2 heterocycles. The van der Waals surface area contributed by atoms with Gasteiger partial charge in [-0.25, -0.2) is 4.98 Å². The van der Waals surface area contributed by atoms with Gasteiger partial charge in [-0.3, -0.25) is 9.55 Å². The molecule has 0 amide bonds. The van der Waals surface area contributed by atoms with Crippen molar-refractivity contribution in [3.05, 3.63) is 200 Å². The molecule has 3 nitrogen and oxygen atoms in total. The van der Waals surface area contributed by atoms with Gasteiger partial charge in [-0.1, -0.05) is 140 Å². The van der Waals surface area contributed by atoms with E-state index in [4.69, 9.17) is 9.97 Å². The average Bonchev–Trinajstić information content (AvgIpc) is 3.65. The van der Waals surface area contributed by atoms with Crippen molar-refractivity contribution in [2.45, 2.75) is 0 Å². The van der Waals surface area contributed by atoms with Crippen LogP contribution < -0.4 is 0 Å². The van der Waals surface area contributed by atoms with Crippen molar-refractivity contribution in [1.82, 2.24) is 14.5 Å². The Bertz CT molecular complexity index is 3270. The van der Waals surface area contributed by atoms with Gasteiger partial charge in [0.25, 0.3) is 0 Å². The fraction of sp³-hybridized carbons (Fsp3) is 0. The first-order chi connectivity index (χ1) is 27.3. The molecule has 256 valence electrons. The number of para-hydroxylation sites is 2. The first-order valence-corrected chi connectivity index (χ1v) is 18.7. The van der Waals surface area contributed by atoms with Crippen LogP contribution in [0.15, 0.2) is 200 Å². The zero-order chi connectivity index (χ0) is 36.3. The van der Waals surface area contributed by atoms with Crippen molar-refractivity contribution >= 4 is 54.1 Å². The van der Waals surface area contributed by atoms with Crippen molar-refractivity contribution < 1.29 is 0 Å². The molecule has 2 aromatic heterocycles. The molecule has 0 aliphatic carbocycles. The maximum Gasteiger partial charge on any atom is 0.164 e. The van der Waals surface area contributed by atoms with E-state index in [0.717, 1.165) is 39.4 Å². The third kappa shape index (κ3) is 5.20. The number of nitrogens with zero attached hydrogens (tertiary/aromatic N) is 3. The van der Waals surface area contributed by atoms with E-state index in [2.05, 4.69) is 174 Å². The second kappa shape index (κ2) is 12.6. The first kappa shape index (κ1) is 31.2. The second-order valence-electron chi connectivity index (χ2n) is 14.2. The standard InChI is InChI=1S/C52H33N3/c1-3-14-36-30-40(25-23-34(36)12-1)50-43-18-5-6-19-44(43)51(41-26-24-35-13-2-4-15-37(35)31-41)46-33-39(27-28-45(46)50)38-16-11-17-42(32-38)55-49-22-8-7-20-47(49)54-52(55)48-21-9-10-29-53-48/h1-33H. The molecule has 0 saturated heterocycles. The lowest BCUT2D eigenvalue weighted by molar-refractivity contribution is 1.08. The van der Waals surface area contributed by atoms with Gasteiger partial charge in [-0.15, -0.1) is 0 Å². The fourth-order valence-corrected chi connectivity index (χ4v) is 8.45. The summed E-state index contributed by atoms with van der Waals surface area (Å²) in [6, 6.07) is 70.1. The molecule has 0 fully saturated rings. The number of imidazole rings is 1. The lowest BCUT2D eigenvalue weighted by atomic mass is 9.84. The highest BCUT2D eigenvalue weighted by atomic mass is 15.1. The highest BCUT2D eigenvalue weighted by Crippen LogP contribution is 2.46. The summed E-state index contributed by atoms with van der Waals surface area (Å²) in [6.07, 6.45) is 1.83. The van der Waals surface area contributed by atoms with E-state index in [1.54, 1.807) is 0 Å². The molecule has 0 spiro atoms. The topological polar surface area (TPSA) is 30.7 Å². The molecular weight excluding hydrogens is 667 g/mol. The van der Waals surface area contributed by atoms with Gasteiger partial charge in [0.2, 0.25) is 0 Å². The summed E-state index contributed by atoms with van der Waals surface area (Å²) in [5, 5.41) is 9.89. The zero-order valence-electron chi connectivity index (χ0n) is 29.9. The lowest BCUT2D eigenvalue weighted by Gasteiger charge is -2.19. The minimum absolute atomic E-state index is 0.822. The van der Waals surface area contributed by atoms with Crippen LogP contribution >= 0.6 is 0 Å². The Kier molecular flexibility index (Phi) is 7.17. The molecule has 0 atom stereocenters. The summed E-state index contributed by atoms with van der Waals surface area (Å²) in [5.41, 5.74) is 11.1. The Hall–Kier alpha value is -7.36. The van der Waals surface area contributed by atoms with Gasteiger partial charge in [-0.05, 0) is 131 Å². The third-order valence-electron chi connectivity index (χ3n) is 11.0. The maximum absolute atomic E-state index is 5.06. The van der Waals surface area contributed by atoms with E-state index >= 15 is 0 Å². The highest BCUT2D eigenvalue weighted by Gasteiger charge is 2.19. The van der Waals surface area contributed by atoms with Crippen molar-refractivity contribution in [2.24, 2.45) is 0 Å². The lowest BCUT2D eigenvalue weighted by Crippen LogP contribution is -1.99. The molecule has 0 bridgehead atoms. The van der Waals surface area contributed by atoms with Gasteiger partial charge in [0.15, 0.2) is 5.82 Å². The van der Waals surface area contributed by atoms with Crippen LogP contribution in [0, 0.1) is 0 Å². The minimum Gasteiger partial charge on any atom is -0.291 e. The Labute approximate surface area is 318 Å². The second-order valence-corrected chi connectivity index (χ2v) is 14.2. The molecular formula is C52H33N3. The normalized spacial score (nSPS) is 11.6.